The fraction of sp³-hybridized carbons (Fsp3) is 0.387. The van der Waals surface area contributed by atoms with Gasteiger partial charge >= 0.3 is 6.09 Å². The van der Waals surface area contributed by atoms with Crippen LogP contribution in [-0.4, -0.2) is 25.8 Å². The Kier molecular flexibility index (Phi) is 8.47. The van der Waals surface area contributed by atoms with Crippen molar-refractivity contribution in [2.24, 2.45) is 0 Å². The van der Waals surface area contributed by atoms with E-state index in [2.05, 4.69) is 43.1 Å². The fourth-order valence-corrected chi connectivity index (χ4v) is 5.21. The molecule has 0 aromatic heterocycles. The molecule has 0 saturated carbocycles. The summed E-state index contributed by atoms with van der Waals surface area (Å²) in [7, 11) is 0. The van der Waals surface area contributed by atoms with Gasteiger partial charge < -0.3 is 9.64 Å². The van der Waals surface area contributed by atoms with Gasteiger partial charge in [-0.3, -0.25) is 5.32 Å². The van der Waals surface area contributed by atoms with Crippen LogP contribution in [0.1, 0.15) is 69.1 Å². The number of halogens is 2. The van der Waals surface area contributed by atoms with Gasteiger partial charge in [-0.2, -0.15) is 0 Å². The number of carbonyl (C=O) groups is 1. The van der Waals surface area contributed by atoms with Crippen molar-refractivity contribution in [1.29, 1.82) is 0 Å². The minimum absolute atomic E-state index is 0.178. The Balaban J connectivity index is 0.000000396. The quantitative estimate of drug-likeness (QED) is 0.356. The van der Waals surface area contributed by atoms with Crippen LogP contribution in [0.15, 0.2) is 66.7 Å². The van der Waals surface area contributed by atoms with Gasteiger partial charge in [-0.05, 0) is 78.3 Å². The Morgan fingerprint density at radius 3 is 2.41 bits per heavy atom. The third-order valence-electron chi connectivity index (χ3n) is 7.49. The van der Waals surface area contributed by atoms with Crippen molar-refractivity contribution in [3.8, 4) is 0 Å². The predicted molar refractivity (Wildman–Crippen MR) is 145 cm³/mol. The lowest BCUT2D eigenvalue weighted by Gasteiger charge is -2.47. The second-order valence-corrected chi connectivity index (χ2v) is 10.1. The summed E-state index contributed by atoms with van der Waals surface area (Å²) in [6, 6.07) is 19.0. The number of hydrogen-bond donors (Lipinski definition) is 1. The first kappa shape index (κ1) is 26.6. The molecule has 3 aromatic rings. The van der Waals surface area contributed by atoms with Crippen molar-refractivity contribution in [1.82, 2.24) is 0 Å². The molecule has 2 aliphatic heterocycles. The number of hydrogen-bond acceptors (Lipinski definition) is 3. The molecule has 2 heterocycles. The van der Waals surface area contributed by atoms with Gasteiger partial charge in [0.15, 0.2) is 0 Å². The Morgan fingerprint density at radius 2 is 1.76 bits per heavy atom. The Hall–Kier alpha value is -3.41. The van der Waals surface area contributed by atoms with Crippen LogP contribution in [0.3, 0.4) is 0 Å². The van der Waals surface area contributed by atoms with E-state index < -0.39 is 6.09 Å². The molecule has 1 N–H and O–H groups in total. The molecule has 0 saturated heterocycles. The van der Waals surface area contributed by atoms with Gasteiger partial charge in [0.05, 0.1) is 6.61 Å². The number of nitrogens with zero attached hydrogens (tertiary/aromatic N) is 1. The summed E-state index contributed by atoms with van der Waals surface area (Å²) < 4.78 is 30.8. The largest absolute Gasteiger partial charge is 0.449 e. The molecule has 2 unspecified atom stereocenters. The van der Waals surface area contributed by atoms with Crippen LogP contribution < -0.4 is 10.2 Å². The van der Waals surface area contributed by atoms with E-state index in [1.165, 1.54) is 41.1 Å². The molecule has 0 bridgehead atoms. The third-order valence-corrected chi connectivity index (χ3v) is 7.49. The SMILES string of the molecule is CCCCOC(=O)Nc1cc2c3c(c1)C(C)(c1ccc(F)cc1)CCN3CCC2C.Fc1ccccc1. The van der Waals surface area contributed by atoms with E-state index in [0.717, 1.165) is 50.0 Å². The summed E-state index contributed by atoms with van der Waals surface area (Å²) in [5.41, 5.74) is 5.40. The number of unbranched alkanes of at least 4 members (excludes halogenated alkanes) is 1. The maximum Gasteiger partial charge on any atom is 0.411 e. The minimum atomic E-state index is -0.407. The van der Waals surface area contributed by atoms with Crippen molar-refractivity contribution < 1.29 is 18.3 Å². The molecule has 5 rings (SSSR count). The van der Waals surface area contributed by atoms with E-state index in [1.54, 1.807) is 18.2 Å². The molecule has 0 fully saturated rings. The molecule has 1 amide bonds. The number of carbonyl (C=O) groups excluding carboxylic acids is 1. The van der Waals surface area contributed by atoms with Crippen LogP contribution in [0.4, 0.5) is 25.0 Å². The molecule has 0 spiro atoms. The number of ether oxygens (including phenoxy) is 1. The highest BCUT2D eigenvalue weighted by Crippen LogP contribution is 2.50. The van der Waals surface area contributed by atoms with Gasteiger partial charge in [0.1, 0.15) is 11.6 Å². The zero-order chi connectivity index (χ0) is 26.4. The van der Waals surface area contributed by atoms with E-state index in [4.69, 9.17) is 4.74 Å². The van der Waals surface area contributed by atoms with Gasteiger partial charge in [-0.1, -0.05) is 57.5 Å². The number of amides is 1. The third kappa shape index (κ3) is 6.12. The first-order valence-corrected chi connectivity index (χ1v) is 13.2. The molecule has 6 heteroatoms. The number of rotatable bonds is 5. The highest BCUT2D eigenvalue weighted by Gasteiger charge is 2.40. The monoisotopic (exact) mass is 506 g/mol. The molecule has 0 aliphatic carbocycles. The Bertz CT molecular complexity index is 1200. The highest BCUT2D eigenvalue weighted by molar-refractivity contribution is 5.86. The van der Waals surface area contributed by atoms with Gasteiger partial charge in [0.25, 0.3) is 0 Å². The second-order valence-electron chi connectivity index (χ2n) is 10.1. The van der Waals surface area contributed by atoms with Crippen molar-refractivity contribution >= 4 is 17.5 Å². The van der Waals surface area contributed by atoms with Gasteiger partial charge in [-0.15, -0.1) is 0 Å². The number of benzene rings is 3. The van der Waals surface area contributed by atoms with Crippen molar-refractivity contribution in [3.63, 3.8) is 0 Å². The summed E-state index contributed by atoms with van der Waals surface area (Å²) in [4.78, 5) is 14.8. The smallest absolute Gasteiger partial charge is 0.411 e. The van der Waals surface area contributed by atoms with Crippen LogP contribution in [0.2, 0.25) is 0 Å². The van der Waals surface area contributed by atoms with E-state index >= 15 is 0 Å². The highest BCUT2D eigenvalue weighted by atomic mass is 19.1. The van der Waals surface area contributed by atoms with E-state index in [0.29, 0.717) is 12.5 Å². The minimum Gasteiger partial charge on any atom is -0.449 e. The average Bonchev–Trinajstić information content (AvgIpc) is 2.89. The summed E-state index contributed by atoms with van der Waals surface area (Å²) in [6.45, 7) is 9.01. The number of anilines is 2. The van der Waals surface area contributed by atoms with Crippen LogP contribution in [0.5, 0.6) is 0 Å². The summed E-state index contributed by atoms with van der Waals surface area (Å²) in [5, 5.41) is 2.94. The standard InChI is InChI=1S/C25H31FN2O2.C6H5F/c1-4-5-14-30-24(29)27-20-15-21-17(2)10-12-28-13-11-25(3,22(16-20)23(21)28)18-6-8-19(26)9-7-18;7-6-4-2-1-3-5-6/h6-9,15-17H,4-5,10-14H2,1-3H3,(H,27,29);1-5H. The first-order chi connectivity index (χ1) is 17.8. The van der Waals surface area contributed by atoms with E-state index in [-0.39, 0.29) is 17.0 Å². The molecule has 4 nitrogen and oxygen atoms in total. The lowest BCUT2D eigenvalue weighted by atomic mass is 9.68. The van der Waals surface area contributed by atoms with Gasteiger partial charge in [0, 0.05) is 29.9 Å². The maximum absolute atomic E-state index is 13.6. The molecular formula is C31H36F2N2O2. The Morgan fingerprint density at radius 1 is 1.05 bits per heavy atom. The van der Waals surface area contributed by atoms with Gasteiger partial charge in [-0.25, -0.2) is 13.6 Å². The summed E-state index contributed by atoms with van der Waals surface area (Å²) in [6.07, 6.45) is 3.49. The molecule has 37 heavy (non-hydrogen) atoms. The van der Waals surface area contributed by atoms with Crippen LogP contribution in [-0.2, 0) is 10.2 Å². The zero-order valence-electron chi connectivity index (χ0n) is 21.9. The van der Waals surface area contributed by atoms with Crippen molar-refractivity contribution in [2.75, 3.05) is 29.9 Å². The number of nitrogens with one attached hydrogen (secondary N) is 1. The lowest BCUT2D eigenvalue weighted by molar-refractivity contribution is 0.160. The fourth-order valence-electron chi connectivity index (χ4n) is 5.21. The Labute approximate surface area is 218 Å². The molecular weight excluding hydrogens is 470 g/mol. The summed E-state index contributed by atoms with van der Waals surface area (Å²) >= 11 is 0. The molecule has 0 radical (unpaired) electrons. The molecule has 2 atom stereocenters. The molecule has 196 valence electrons. The van der Waals surface area contributed by atoms with Crippen LogP contribution in [0, 0.1) is 11.6 Å². The van der Waals surface area contributed by atoms with E-state index in [1.807, 2.05) is 12.1 Å². The molecule has 2 aliphatic rings. The predicted octanol–water partition coefficient (Wildman–Crippen LogP) is 8.02. The lowest BCUT2D eigenvalue weighted by Crippen LogP contribution is -2.43. The van der Waals surface area contributed by atoms with Crippen LogP contribution in [0.25, 0.3) is 0 Å². The van der Waals surface area contributed by atoms with Crippen molar-refractivity contribution in [2.45, 2.75) is 57.8 Å². The normalized spacial score (nSPS) is 19.8. The van der Waals surface area contributed by atoms with Crippen molar-refractivity contribution in [3.05, 3.63) is 95.1 Å². The maximum atomic E-state index is 13.6. The summed E-state index contributed by atoms with van der Waals surface area (Å²) in [5.74, 6) is 0.0200. The first-order valence-electron chi connectivity index (χ1n) is 13.2. The topological polar surface area (TPSA) is 41.6 Å². The second kappa shape index (κ2) is 11.8. The zero-order valence-corrected chi connectivity index (χ0v) is 21.9. The van der Waals surface area contributed by atoms with Gasteiger partial charge in [0.2, 0.25) is 0 Å². The average molecular weight is 507 g/mol. The van der Waals surface area contributed by atoms with E-state index in [9.17, 15) is 13.6 Å². The molecule has 3 aromatic carbocycles. The van der Waals surface area contributed by atoms with Crippen LogP contribution >= 0.6 is 0 Å².